The number of carbonyl (C=O) groups excluding carboxylic acids is 2. The lowest BCUT2D eigenvalue weighted by Gasteiger charge is -2.35. The van der Waals surface area contributed by atoms with Gasteiger partial charge in [-0.25, -0.2) is 4.79 Å². The Bertz CT molecular complexity index is 1460. The molecule has 42 heavy (non-hydrogen) atoms. The summed E-state index contributed by atoms with van der Waals surface area (Å²) in [4.78, 5) is 32.1. The van der Waals surface area contributed by atoms with E-state index < -0.39 is 17.9 Å². The summed E-state index contributed by atoms with van der Waals surface area (Å²) in [5.74, 6) is 0.994. The normalized spacial score (nSPS) is 17.1. The summed E-state index contributed by atoms with van der Waals surface area (Å²) in [6.45, 7) is 16.8. The summed E-state index contributed by atoms with van der Waals surface area (Å²) < 4.78 is 11.6. The monoisotopic (exact) mass is 611 g/mol. The third-order valence-electron chi connectivity index (χ3n) is 7.90. The number of nitrogens with one attached hydrogen (secondary N) is 1. The van der Waals surface area contributed by atoms with Crippen LogP contribution in [0.5, 0.6) is 0 Å². The van der Waals surface area contributed by atoms with Gasteiger partial charge in [0.15, 0.2) is 6.23 Å². The molecule has 0 aliphatic carbocycles. The molecule has 1 fully saturated rings. The summed E-state index contributed by atoms with van der Waals surface area (Å²) >= 11 is 8.31. The van der Waals surface area contributed by atoms with Crippen molar-refractivity contribution in [1.29, 1.82) is 0 Å². The van der Waals surface area contributed by atoms with Gasteiger partial charge in [-0.05, 0) is 79.9 Å². The van der Waals surface area contributed by atoms with Crippen LogP contribution in [0.2, 0.25) is 5.02 Å². The number of amides is 2. The number of alkyl carbamates (subject to hydrolysis) is 1. The van der Waals surface area contributed by atoms with Gasteiger partial charge in [-0.2, -0.15) is 4.37 Å². The predicted octanol–water partition coefficient (Wildman–Crippen LogP) is 6.49. The number of piperazine rings is 1. The molecule has 5 rings (SSSR count). The number of halogens is 1. The molecule has 1 saturated heterocycles. The summed E-state index contributed by atoms with van der Waals surface area (Å²) in [5, 5.41) is 4.82. The van der Waals surface area contributed by atoms with Crippen LogP contribution in [0.1, 0.15) is 59.1 Å². The molecule has 0 spiro atoms. The smallest absolute Gasteiger partial charge is 0.409 e. The summed E-state index contributed by atoms with van der Waals surface area (Å²) in [5.41, 5.74) is 2.28. The molecule has 8 nitrogen and oxygen atoms in total. The fourth-order valence-corrected chi connectivity index (χ4v) is 7.49. The zero-order valence-corrected chi connectivity index (χ0v) is 27.1. The van der Waals surface area contributed by atoms with Gasteiger partial charge in [-0.1, -0.05) is 50.6 Å². The molecule has 10 heteroatoms. The second-order valence-corrected chi connectivity index (χ2v) is 14.6. The quantitative estimate of drug-likeness (QED) is 0.314. The largest absolute Gasteiger partial charge is 0.425 e. The zero-order chi connectivity index (χ0) is 30.2. The minimum atomic E-state index is -0.753. The molecule has 0 bridgehead atoms. The van der Waals surface area contributed by atoms with Gasteiger partial charge in [0.2, 0.25) is 5.91 Å². The van der Waals surface area contributed by atoms with Crippen molar-refractivity contribution in [2.45, 2.75) is 72.6 Å². The average Bonchev–Trinajstić information content (AvgIpc) is 3.45. The molecule has 3 aromatic rings. The molecule has 2 aliphatic rings. The van der Waals surface area contributed by atoms with E-state index in [2.05, 4.69) is 60.2 Å². The lowest BCUT2D eigenvalue weighted by Crippen LogP contribution is -2.49. The van der Waals surface area contributed by atoms with Crippen LogP contribution in [-0.2, 0) is 22.4 Å². The zero-order valence-electron chi connectivity index (χ0n) is 25.5. The highest BCUT2D eigenvalue weighted by Crippen LogP contribution is 2.36. The first-order valence-corrected chi connectivity index (χ1v) is 15.9. The van der Waals surface area contributed by atoms with Gasteiger partial charge in [-0.3, -0.25) is 14.6 Å². The number of anilines is 2. The van der Waals surface area contributed by atoms with Crippen LogP contribution in [-0.4, -0.2) is 65.8 Å². The molecule has 3 heterocycles. The van der Waals surface area contributed by atoms with Gasteiger partial charge in [0.25, 0.3) is 0 Å². The Balaban J connectivity index is 1.16. The van der Waals surface area contributed by atoms with Crippen LogP contribution in [0.25, 0.3) is 10.1 Å². The third kappa shape index (κ3) is 7.01. The lowest BCUT2D eigenvalue weighted by atomic mass is 9.82. The second kappa shape index (κ2) is 12.0. The van der Waals surface area contributed by atoms with E-state index in [1.807, 2.05) is 26.0 Å². The number of fused-ring (bicyclic) bond motifs is 2. The van der Waals surface area contributed by atoms with Crippen LogP contribution < -0.4 is 15.1 Å². The van der Waals surface area contributed by atoms with Gasteiger partial charge in [0.05, 0.1) is 16.8 Å². The highest BCUT2D eigenvalue weighted by atomic mass is 35.5. The Morgan fingerprint density at radius 3 is 2.55 bits per heavy atom. The van der Waals surface area contributed by atoms with E-state index >= 15 is 0 Å². The third-order valence-corrected chi connectivity index (χ3v) is 9.07. The molecule has 1 aromatic heterocycles. The van der Waals surface area contributed by atoms with Crippen molar-refractivity contribution in [1.82, 2.24) is 14.6 Å². The number of aromatic nitrogens is 1. The van der Waals surface area contributed by atoms with E-state index in [0.717, 1.165) is 62.5 Å². The van der Waals surface area contributed by atoms with Crippen LogP contribution in [0.15, 0.2) is 36.4 Å². The van der Waals surface area contributed by atoms with Gasteiger partial charge in [0.1, 0.15) is 5.82 Å². The van der Waals surface area contributed by atoms with Crippen molar-refractivity contribution in [3.8, 4) is 0 Å². The van der Waals surface area contributed by atoms with Crippen LogP contribution in [0.4, 0.5) is 16.3 Å². The van der Waals surface area contributed by atoms with Crippen LogP contribution >= 0.6 is 23.1 Å². The topological polar surface area (TPSA) is 78.0 Å². The maximum atomic E-state index is 13.0. The molecule has 1 unspecified atom stereocenters. The van der Waals surface area contributed by atoms with Gasteiger partial charge in [-0.15, -0.1) is 0 Å². The number of ether oxygens (including phenoxy) is 1. The van der Waals surface area contributed by atoms with E-state index in [1.165, 1.54) is 10.1 Å². The van der Waals surface area contributed by atoms with Gasteiger partial charge >= 0.3 is 6.09 Å². The van der Waals surface area contributed by atoms with Gasteiger partial charge in [0, 0.05) is 48.7 Å². The van der Waals surface area contributed by atoms with E-state index in [4.69, 9.17) is 20.7 Å². The highest BCUT2D eigenvalue weighted by molar-refractivity contribution is 7.13. The second-order valence-electron chi connectivity index (χ2n) is 13.3. The molecule has 2 aliphatic heterocycles. The first-order chi connectivity index (χ1) is 19.8. The Morgan fingerprint density at radius 2 is 1.83 bits per heavy atom. The maximum absolute atomic E-state index is 13.0. The number of hydrogen-bond donors (Lipinski definition) is 1. The Morgan fingerprint density at radius 1 is 1.12 bits per heavy atom. The summed E-state index contributed by atoms with van der Waals surface area (Å²) in [6, 6.07) is 12.3. The average molecular weight is 612 g/mol. The number of carbonyl (C=O) groups is 2. The number of hydrogen-bond acceptors (Lipinski definition) is 7. The number of benzene rings is 2. The first-order valence-electron chi connectivity index (χ1n) is 14.7. The van der Waals surface area contributed by atoms with Crippen molar-refractivity contribution >= 4 is 56.7 Å². The standard InChI is InChI=1S/C32H42ClN5O3S/c1-21(41-30(40)34-32(5,6)20-31(2,3)4)38-26-19-25(33)22(17-23(26)18-28(38)39)11-12-36-13-15-37(16-14-36)29-24-9-7-8-10-27(24)42-35-29/h7-10,17,19,21H,11-16,18,20H2,1-6H3,(H,34,40). The van der Waals surface area contributed by atoms with Crippen LogP contribution in [0, 0.1) is 5.41 Å². The van der Waals surface area contributed by atoms with Crippen molar-refractivity contribution in [3.63, 3.8) is 0 Å². The number of rotatable bonds is 8. The number of nitrogens with zero attached hydrogens (tertiary/aromatic N) is 4. The van der Waals surface area contributed by atoms with Crippen molar-refractivity contribution in [2.24, 2.45) is 5.41 Å². The van der Waals surface area contributed by atoms with Crippen molar-refractivity contribution in [3.05, 3.63) is 52.5 Å². The fraction of sp³-hybridized carbons (Fsp3) is 0.531. The highest BCUT2D eigenvalue weighted by Gasteiger charge is 2.35. The SMILES string of the molecule is CC(OC(=O)NC(C)(C)CC(C)(C)C)N1C(=O)Cc2cc(CCN3CCN(c4nsc5ccccc45)CC3)c(Cl)cc21. The Labute approximate surface area is 258 Å². The van der Waals surface area contributed by atoms with Gasteiger partial charge < -0.3 is 15.0 Å². The van der Waals surface area contributed by atoms with E-state index in [0.29, 0.717) is 10.7 Å². The van der Waals surface area contributed by atoms with Crippen LogP contribution in [0.3, 0.4) is 0 Å². The molecule has 1 atom stereocenters. The maximum Gasteiger partial charge on any atom is 0.409 e. The summed E-state index contributed by atoms with van der Waals surface area (Å²) in [7, 11) is 0. The predicted molar refractivity (Wildman–Crippen MR) is 172 cm³/mol. The molecule has 0 saturated carbocycles. The molecular formula is C32H42ClN5O3S. The molecule has 226 valence electrons. The molecule has 2 aromatic carbocycles. The lowest BCUT2D eigenvalue weighted by molar-refractivity contribution is -0.119. The van der Waals surface area contributed by atoms with E-state index in [1.54, 1.807) is 23.4 Å². The Kier molecular flexibility index (Phi) is 8.75. The van der Waals surface area contributed by atoms with Crippen molar-refractivity contribution < 1.29 is 14.3 Å². The first kappa shape index (κ1) is 30.6. The van der Waals surface area contributed by atoms with E-state index in [-0.39, 0.29) is 17.7 Å². The minimum absolute atomic E-state index is 0.0476. The molecular weight excluding hydrogens is 570 g/mol. The molecule has 1 N–H and O–H groups in total. The van der Waals surface area contributed by atoms with E-state index in [9.17, 15) is 9.59 Å². The molecule has 0 radical (unpaired) electrons. The minimum Gasteiger partial charge on any atom is -0.425 e. The molecule has 2 amide bonds. The Hall–Kier alpha value is -2.88. The summed E-state index contributed by atoms with van der Waals surface area (Å²) in [6.07, 6.45) is 0.564. The van der Waals surface area contributed by atoms with Crippen molar-refractivity contribution in [2.75, 3.05) is 42.5 Å². The fourth-order valence-electron chi connectivity index (χ4n) is 6.44.